The molecular weight excluding hydrogens is 288 g/mol. The smallest absolute Gasteiger partial charge is 0.226 e. The van der Waals surface area contributed by atoms with Gasteiger partial charge in [-0.1, -0.05) is 6.92 Å². The van der Waals surface area contributed by atoms with Gasteiger partial charge in [0.15, 0.2) is 0 Å². The van der Waals surface area contributed by atoms with Crippen molar-refractivity contribution in [3.63, 3.8) is 0 Å². The van der Waals surface area contributed by atoms with E-state index in [0.717, 1.165) is 29.0 Å². The van der Waals surface area contributed by atoms with Crippen molar-refractivity contribution in [2.24, 2.45) is 0 Å². The molecule has 0 bridgehead atoms. The maximum atomic E-state index is 9.24. The van der Waals surface area contributed by atoms with E-state index < -0.39 is 0 Å². The summed E-state index contributed by atoms with van der Waals surface area (Å²) in [5.74, 6) is 1.36. The summed E-state index contributed by atoms with van der Waals surface area (Å²) in [6, 6.07) is 2.10. The zero-order chi connectivity index (χ0) is 15.2. The molecule has 0 unspecified atom stereocenters. The van der Waals surface area contributed by atoms with E-state index in [9.17, 15) is 10.2 Å². The molecule has 0 aliphatic rings. The van der Waals surface area contributed by atoms with Crippen molar-refractivity contribution >= 4 is 33.3 Å². The van der Waals surface area contributed by atoms with Gasteiger partial charge in [0.2, 0.25) is 5.95 Å². The van der Waals surface area contributed by atoms with Gasteiger partial charge in [-0.15, -0.1) is 11.3 Å². The van der Waals surface area contributed by atoms with E-state index in [1.54, 1.807) is 11.3 Å². The molecule has 6 nitrogen and oxygen atoms in total. The Hall–Kier alpha value is -1.44. The lowest BCUT2D eigenvalue weighted by molar-refractivity contribution is 0.281. The summed E-state index contributed by atoms with van der Waals surface area (Å²) in [7, 11) is 0. The highest BCUT2D eigenvalue weighted by Gasteiger charge is 2.16. The number of anilines is 2. The van der Waals surface area contributed by atoms with Crippen LogP contribution >= 0.6 is 11.3 Å². The Morgan fingerprint density at radius 3 is 2.48 bits per heavy atom. The molecule has 0 atom stereocenters. The zero-order valence-corrected chi connectivity index (χ0v) is 13.3. The number of hydrogen-bond acceptors (Lipinski definition) is 7. The number of hydrogen-bond donors (Lipinski definition) is 3. The molecule has 0 fully saturated rings. The van der Waals surface area contributed by atoms with Gasteiger partial charge >= 0.3 is 0 Å². The molecule has 0 aromatic carbocycles. The lowest BCUT2D eigenvalue weighted by atomic mass is 10.3. The first kappa shape index (κ1) is 15.9. The standard InChI is InChI=1S/C14H22N4O2S/c1-3-10-9-11-12(18(5-7-19)6-8-20)16-14(15-4-2)17-13(11)21-10/h9,19-20H,3-8H2,1-2H3,(H,15,16,17). The highest BCUT2D eigenvalue weighted by Crippen LogP contribution is 2.32. The third-order valence-electron chi connectivity index (χ3n) is 3.15. The van der Waals surface area contributed by atoms with Crippen LogP contribution < -0.4 is 10.2 Å². The quantitative estimate of drug-likeness (QED) is 0.685. The molecule has 0 radical (unpaired) electrons. The van der Waals surface area contributed by atoms with Crippen molar-refractivity contribution in [2.45, 2.75) is 20.3 Å². The largest absolute Gasteiger partial charge is 0.395 e. The van der Waals surface area contributed by atoms with Crippen LogP contribution in [-0.4, -0.2) is 53.0 Å². The van der Waals surface area contributed by atoms with Crippen LogP contribution in [-0.2, 0) is 6.42 Å². The van der Waals surface area contributed by atoms with Crippen LogP contribution in [0, 0.1) is 0 Å². The van der Waals surface area contributed by atoms with E-state index in [1.165, 1.54) is 4.88 Å². The van der Waals surface area contributed by atoms with Crippen LogP contribution in [0.2, 0.25) is 0 Å². The fourth-order valence-electron chi connectivity index (χ4n) is 2.17. The summed E-state index contributed by atoms with van der Waals surface area (Å²) in [5.41, 5.74) is 0. The van der Waals surface area contributed by atoms with Crippen molar-refractivity contribution in [3.05, 3.63) is 10.9 Å². The molecule has 2 aromatic rings. The van der Waals surface area contributed by atoms with Crippen molar-refractivity contribution in [1.82, 2.24) is 9.97 Å². The number of nitrogens with zero attached hydrogens (tertiary/aromatic N) is 3. The second-order valence-electron chi connectivity index (χ2n) is 4.62. The van der Waals surface area contributed by atoms with Gasteiger partial charge < -0.3 is 20.4 Å². The van der Waals surface area contributed by atoms with E-state index in [1.807, 2.05) is 11.8 Å². The van der Waals surface area contributed by atoms with Gasteiger partial charge in [0.25, 0.3) is 0 Å². The minimum atomic E-state index is 0.0206. The van der Waals surface area contributed by atoms with Crippen molar-refractivity contribution in [1.29, 1.82) is 0 Å². The first-order chi connectivity index (χ1) is 10.2. The predicted molar refractivity (Wildman–Crippen MR) is 87.3 cm³/mol. The normalized spacial score (nSPS) is 11.0. The Labute approximate surface area is 128 Å². The van der Waals surface area contributed by atoms with Crippen molar-refractivity contribution in [3.8, 4) is 0 Å². The summed E-state index contributed by atoms with van der Waals surface area (Å²) in [6.07, 6.45) is 0.955. The Bertz CT molecular complexity index is 582. The first-order valence-electron chi connectivity index (χ1n) is 7.24. The molecule has 116 valence electrons. The number of aliphatic hydroxyl groups excluding tert-OH is 2. The average molecular weight is 310 g/mol. The molecule has 7 heteroatoms. The van der Waals surface area contributed by atoms with Gasteiger partial charge in [-0.05, 0) is 19.4 Å². The molecule has 0 saturated heterocycles. The number of rotatable bonds is 8. The van der Waals surface area contributed by atoms with Crippen molar-refractivity contribution in [2.75, 3.05) is 43.1 Å². The van der Waals surface area contributed by atoms with Crippen molar-refractivity contribution < 1.29 is 10.2 Å². The summed E-state index contributed by atoms with van der Waals surface area (Å²) >= 11 is 1.66. The van der Waals surface area contributed by atoms with Crippen LogP contribution in [0.1, 0.15) is 18.7 Å². The Morgan fingerprint density at radius 1 is 1.19 bits per heavy atom. The van der Waals surface area contributed by atoms with Gasteiger partial charge in [-0.2, -0.15) is 4.98 Å². The first-order valence-corrected chi connectivity index (χ1v) is 8.06. The SMILES string of the molecule is CCNc1nc(N(CCO)CCO)c2cc(CC)sc2n1. The van der Waals surface area contributed by atoms with E-state index in [4.69, 9.17) is 0 Å². The molecule has 2 rings (SSSR count). The predicted octanol–water partition coefficient (Wildman–Crippen LogP) is 1.48. The maximum Gasteiger partial charge on any atom is 0.226 e. The van der Waals surface area contributed by atoms with Crippen LogP contribution in [0.25, 0.3) is 10.2 Å². The van der Waals surface area contributed by atoms with Gasteiger partial charge in [0.05, 0.1) is 18.6 Å². The Morgan fingerprint density at radius 2 is 1.90 bits per heavy atom. The summed E-state index contributed by atoms with van der Waals surface area (Å²) in [4.78, 5) is 13.2. The molecule has 0 aliphatic heterocycles. The lowest BCUT2D eigenvalue weighted by Gasteiger charge is -2.22. The number of aryl methyl sites for hydroxylation is 1. The molecule has 3 N–H and O–H groups in total. The van der Waals surface area contributed by atoms with Gasteiger partial charge in [0.1, 0.15) is 10.6 Å². The third-order valence-corrected chi connectivity index (χ3v) is 4.32. The van der Waals surface area contributed by atoms with E-state index in [0.29, 0.717) is 19.0 Å². The molecule has 0 saturated carbocycles. The number of aliphatic hydroxyl groups is 2. The summed E-state index contributed by atoms with van der Waals surface area (Å²) in [5, 5.41) is 22.6. The Kier molecular flexibility index (Phi) is 5.72. The highest BCUT2D eigenvalue weighted by molar-refractivity contribution is 7.18. The van der Waals surface area contributed by atoms with Crippen LogP contribution in [0.5, 0.6) is 0 Å². The monoisotopic (exact) mass is 310 g/mol. The second-order valence-corrected chi connectivity index (χ2v) is 5.74. The van der Waals surface area contributed by atoms with Crippen LogP contribution in [0.3, 0.4) is 0 Å². The number of aromatic nitrogens is 2. The third kappa shape index (κ3) is 3.61. The molecule has 2 heterocycles. The molecule has 21 heavy (non-hydrogen) atoms. The van der Waals surface area contributed by atoms with Gasteiger partial charge in [-0.3, -0.25) is 0 Å². The second kappa shape index (κ2) is 7.53. The molecule has 0 aliphatic carbocycles. The lowest BCUT2D eigenvalue weighted by Crippen LogP contribution is -2.30. The highest BCUT2D eigenvalue weighted by atomic mass is 32.1. The van der Waals surface area contributed by atoms with E-state index >= 15 is 0 Å². The fourth-order valence-corrected chi connectivity index (χ4v) is 3.14. The summed E-state index contributed by atoms with van der Waals surface area (Å²) < 4.78 is 0. The number of thiophene rings is 1. The molecular formula is C14H22N4O2S. The number of fused-ring (bicyclic) bond motifs is 1. The molecule has 0 spiro atoms. The topological polar surface area (TPSA) is 81.5 Å². The summed E-state index contributed by atoms with van der Waals surface area (Å²) in [6.45, 7) is 5.78. The van der Waals surface area contributed by atoms with Crippen LogP contribution in [0.15, 0.2) is 6.07 Å². The van der Waals surface area contributed by atoms with Gasteiger partial charge in [-0.25, -0.2) is 4.98 Å². The maximum absolute atomic E-state index is 9.24. The number of nitrogens with one attached hydrogen (secondary N) is 1. The van der Waals surface area contributed by atoms with E-state index in [2.05, 4.69) is 28.3 Å². The van der Waals surface area contributed by atoms with E-state index in [-0.39, 0.29) is 13.2 Å². The minimum absolute atomic E-state index is 0.0206. The zero-order valence-electron chi connectivity index (χ0n) is 12.5. The fraction of sp³-hybridized carbons (Fsp3) is 0.571. The average Bonchev–Trinajstić information content (AvgIpc) is 2.89. The molecule has 0 amide bonds. The molecule has 2 aromatic heterocycles. The van der Waals surface area contributed by atoms with Gasteiger partial charge in [0, 0.05) is 24.5 Å². The minimum Gasteiger partial charge on any atom is -0.395 e. The van der Waals surface area contributed by atoms with Crippen LogP contribution in [0.4, 0.5) is 11.8 Å². The Balaban J connectivity index is 2.53.